The molecule has 0 fully saturated rings. The first-order valence-electron chi connectivity index (χ1n) is 7.56. The van der Waals surface area contributed by atoms with Gasteiger partial charge in [-0.15, -0.1) is 0 Å². The number of aromatic nitrogens is 2. The quantitative estimate of drug-likeness (QED) is 0.596. The summed E-state index contributed by atoms with van der Waals surface area (Å²) in [5, 5.41) is 9.42. The van der Waals surface area contributed by atoms with Crippen molar-refractivity contribution < 1.29 is 21.6 Å². The molecule has 10 heteroatoms. The Morgan fingerprint density at radius 1 is 1.07 bits per heavy atom. The van der Waals surface area contributed by atoms with Gasteiger partial charge < -0.3 is 0 Å². The minimum absolute atomic E-state index is 0.0601. The lowest BCUT2D eigenvalue weighted by Crippen LogP contribution is -2.16. The summed E-state index contributed by atoms with van der Waals surface area (Å²) in [6.07, 6.45) is -4.69. The monoisotopic (exact) mass is 459 g/mol. The van der Waals surface area contributed by atoms with Gasteiger partial charge in [-0.05, 0) is 23.8 Å². The Labute approximate surface area is 161 Å². The van der Waals surface area contributed by atoms with Crippen molar-refractivity contribution >= 4 is 26.0 Å². The van der Waals surface area contributed by atoms with E-state index < -0.39 is 21.9 Å². The summed E-state index contributed by atoms with van der Waals surface area (Å²) in [6.45, 7) is 0. The highest BCUT2D eigenvalue weighted by Crippen LogP contribution is 2.34. The Kier molecular flexibility index (Phi) is 5.15. The van der Waals surface area contributed by atoms with Crippen LogP contribution in [0, 0.1) is 0 Å². The van der Waals surface area contributed by atoms with Gasteiger partial charge in [0.2, 0.25) is 10.0 Å². The van der Waals surface area contributed by atoms with Crippen LogP contribution < -0.4 is 5.14 Å². The summed E-state index contributed by atoms with van der Waals surface area (Å²) in [5.41, 5.74) is 0.290. The fraction of sp³-hybridized carbons (Fsp3) is 0.118. The molecule has 0 aliphatic rings. The van der Waals surface area contributed by atoms with E-state index in [9.17, 15) is 21.6 Å². The van der Waals surface area contributed by atoms with Crippen molar-refractivity contribution in [3.63, 3.8) is 0 Å². The first kappa shape index (κ1) is 19.6. The molecule has 0 atom stereocenters. The number of nitrogens with zero attached hydrogens (tertiary/aromatic N) is 2. The molecule has 27 heavy (non-hydrogen) atoms. The highest BCUT2D eigenvalue weighted by molar-refractivity contribution is 9.08. The lowest BCUT2D eigenvalue weighted by Gasteiger charge is -2.11. The Hall–Kier alpha value is -2.17. The molecule has 3 rings (SSSR count). The average molecular weight is 460 g/mol. The van der Waals surface area contributed by atoms with Crippen molar-refractivity contribution in [2.75, 3.05) is 0 Å². The number of para-hydroxylation sites is 1. The number of primary sulfonamides is 1. The molecule has 142 valence electrons. The predicted molar refractivity (Wildman–Crippen MR) is 98.0 cm³/mol. The van der Waals surface area contributed by atoms with Crippen molar-refractivity contribution in [1.29, 1.82) is 0 Å². The lowest BCUT2D eigenvalue weighted by molar-refractivity contribution is -0.141. The SMILES string of the molecule is NS(=O)(=O)c1ccccc1-n1nc(C(F)(F)F)cc1-c1ccc(CBr)cc1. The molecule has 5 nitrogen and oxygen atoms in total. The van der Waals surface area contributed by atoms with Crippen LogP contribution in [0.1, 0.15) is 11.3 Å². The zero-order chi connectivity index (χ0) is 19.8. The summed E-state index contributed by atoms with van der Waals surface area (Å²) in [6, 6.07) is 13.2. The third-order valence-electron chi connectivity index (χ3n) is 3.80. The summed E-state index contributed by atoms with van der Waals surface area (Å²) < 4.78 is 64.4. The molecule has 0 aliphatic carbocycles. The normalized spacial score (nSPS) is 12.3. The summed E-state index contributed by atoms with van der Waals surface area (Å²) in [4.78, 5) is -0.319. The minimum atomic E-state index is -4.69. The molecule has 0 saturated carbocycles. The van der Waals surface area contributed by atoms with Gasteiger partial charge in [-0.2, -0.15) is 18.3 Å². The van der Waals surface area contributed by atoms with Gasteiger partial charge in [0.25, 0.3) is 0 Å². The molecule has 0 saturated heterocycles. The number of rotatable bonds is 4. The number of halogens is 4. The second kappa shape index (κ2) is 7.10. The van der Waals surface area contributed by atoms with Crippen LogP contribution in [0.4, 0.5) is 13.2 Å². The van der Waals surface area contributed by atoms with Crippen LogP contribution in [0.3, 0.4) is 0 Å². The van der Waals surface area contributed by atoms with Crippen molar-refractivity contribution in [1.82, 2.24) is 9.78 Å². The zero-order valence-corrected chi connectivity index (χ0v) is 16.0. The molecule has 1 aromatic heterocycles. The van der Waals surface area contributed by atoms with Crippen LogP contribution in [0.5, 0.6) is 0 Å². The van der Waals surface area contributed by atoms with Gasteiger partial charge in [0.15, 0.2) is 5.69 Å². The highest BCUT2D eigenvalue weighted by atomic mass is 79.9. The maximum atomic E-state index is 13.2. The molecular weight excluding hydrogens is 447 g/mol. The van der Waals surface area contributed by atoms with Crippen LogP contribution in [0.2, 0.25) is 0 Å². The number of benzene rings is 2. The Bertz CT molecular complexity index is 1080. The Balaban J connectivity index is 2.28. The second-order valence-electron chi connectivity index (χ2n) is 5.67. The molecule has 0 spiro atoms. The number of hydrogen-bond donors (Lipinski definition) is 1. The van der Waals surface area contributed by atoms with Gasteiger partial charge in [-0.25, -0.2) is 18.2 Å². The van der Waals surface area contributed by atoms with Crippen molar-refractivity contribution in [3.8, 4) is 16.9 Å². The Morgan fingerprint density at radius 2 is 1.70 bits per heavy atom. The van der Waals surface area contributed by atoms with Crippen LogP contribution in [-0.2, 0) is 21.5 Å². The van der Waals surface area contributed by atoms with Crippen LogP contribution in [0.25, 0.3) is 16.9 Å². The molecule has 0 unspecified atom stereocenters. The first-order valence-corrected chi connectivity index (χ1v) is 10.2. The topological polar surface area (TPSA) is 78.0 Å². The molecule has 0 amide bonds. The van der Waals surface area contributed by atoms with Crippen molar-refractivity contribution in [2.24, 2.45) is 5.14 Å². The van der Waals surface area contributed by atoms with Crippen molar-refractivity contribution in [3.05, 3.63) is 65.9 Å². The lowest BCUT2D eigenvalue weighted by atomic mass is 10.1. The van der Waals surface area contributed by atoms with Crippen LogP contribution in [-0.4, -0.2) is 18.2 Å². The van der Waals surface area contributed by atoms with E-state index in [1.165, 1.54) is 24.3 Å². The van der Waals surface area contributed by atoms with E-state index in [0.29, 0.717) is 10.9 Å². The van der Waals surface area contributed by atoms with Gasteiger partial charge >= 0.3 is 6.18 Å². The van der Waals surface area contributed by atoms with Crippen LogP contribution >= 0.6 is 15.9 Å². The molecule has 1 heterocycles. The van der Waals surface area contributed by atoms with Crippen LogP contribution in [0.15, 0.2) is 59.5 Å². The maximum Gasteiger partial charge on any atom is 0.435 e. The van der Waals surface area contributed by atoms with E-state index in [1.807, 2.05) is 0 Å². The fourth-order valence-electron chi connectivity index (χ4n) is 2.55. The largest absolute Gasteiger partial charge is 0.435 e. The molecule has 2 aromatic carbocycles. The summed E-state index contributed by atoms with van der Waals surface area (Å²) in [7, 11) is -4.17. The fourth-order valence-corrected chi connectivity index (χ4v) is 3.63. The van der Waals surface area contributed by atoms with Gasteiger partial charge in [0.1, 0.15) is 4.90 Å². The Morgan fingerprint density at radius 3 is 2.26 bits per heavy atom. The van der Waals surface area contributed by atoms with Gasteiger partial charge in [0.05, 0.1) is 11.4 Å². The van der Waals surface area contributed by atoms with E-state index in [4.69, 9.17) is 5.14 Å². The van der Waals surface area contributed by atoms with Gasteiger partial charge in [0, 0.05) is 10.9 Å². The minimum Gasteiger partial charge on any atom is -0.231 e. The number of hydrogen-bond acceptors (Lipinski definition) is 3. The van der Waals surface area contributed by atoms with E-state index in [1.54, 1.807) is 24.3 Å². The second-order valence-corrected chi connectivity index (χ2v) is 7.76. The zero-order valence-electron chi connectivity index (χ0n) is 13.6. The number of sulfonamides is 1. The van der Waals surface area contributed by atoms with E-state index in [0.717, 1.165) is 16.3 Å². The van der Waals surface area contributed by atoms with Gasteiger partial charge in [-0.1, -0.05) is 52.3 Å². The number of nitrogens with two attached hydrogens (primary N) is 1. The third kappa shape index (κ3) is 4.07. The summed E-state index contributed by atoms with van der Waals surface area (Å²) in [5.74, 6) is 0. The van der Waals surface area contributed by atoms with E-state index >= 15 is 0 Å². The first-order chi connectivity index (χ1) is 12.6. The third-order valence-corrected chi connectivity index (χ3v) is 5.41. The smallest absolute Gasteiger partial charge is 0.231 e. The molecule has 2 N–H and O–H groups in total. The molecule has 3 aromatic rings. The molecular formula is C17H13BrF3N3O2S. The standard InChI is InChI=1S/C17H13BrF3N3O2S/c18-10-11-5-7-12(8-6-11)14-9-16(17(19,20)21)23-24(14)13-3-1-2-4-15(13)27(22,25)26/h1-9H,10H2,(H2,22,25,26). The number of alkyl halides is 4. The molecule has 0 bridgehead atoms. The molecule has 0 radical (unpaired) electrons. The molecule has 0 aliphatic heterocycles. The van der Waals surface area contributed by atoms with Crippen molar-refractivity contribution in [2.45, 2.75) is 16.4 Å². The maximum absolute atomic E-state index is 13.2. The predicted octanol–water partition coefficient (Wildman–Crippen LogP) is 4.10. The van der Waals surface area contributed by atoms with Gasteiger partial charge in [-0.3, -0.25) is 0 Å². The summed E-state index contributed by atoms with van der Waals surface area (Å²) >= 11 is 3.30. The highest BCUT2D eigenvalue weighted by Gasteiger charge is 2.35. The van der Waals surface area contributed by atoms with E-state index in [-0.39, 0.29) is 16.3 Å². The van der Waals surface area contributed by atoms with E-state index in [2.05, 4.69) is 21.0 Å². The average Bonchev–Trinajstić information content (AvgIpc) is 3.07.